The van der Waals surface area contributed by atoms with Crippen LogP contribution in [0.1, 0.15) is 39.0 Å². The molecule has 2 amide bonds. The number of hydrogen-bond acceptors (Lipinski definition) is 2. The first kappa shape index (κ1) is 12.4. The van der Waals surface area contributed by atoms with Crippen LogP contribution in [-0.2, 0) is 9.59 Å². The van der Waals surface area contributed by atoms with Gasteiger partial charge in [0.1, 0.15) is 0 Å². The lowest BCUT2D eigenvalue weighted by Crippen LogP contribution is -2.41. The zero-order valence-corrected chi connectivity index (χ0v) is 10.5. The summed E-state index contributed by atoms with van der Waals surface area (Å²) in [6.45, 7) is 2.82. The van der Waals surface area contributed by atoms with Crippen molar-refractivity contribution in [1.29, 1.82) is 0 Å². The van der Waals surface area contributed by atoms with Crippen LogP contribution >= 0.6 is 0 Å². The maximum Gasteiger partial charge on any atom is 0.239 e. The highest BCUT2D eigenvalue weighted by Crippen LogP contribution is 2.48. The average Bonchev–Trinajstić information content (AvgIpc) is 2.95. The van der Waals surface area contributed by atoms with E-state index in [0.29, 0.717) is 12.5 Å². The molecule has 2 saturated carbocycles. The molecule has 96 valence electrons. The molecule has 0 radical (unpaired) electrons. The van der Waals surface area contributed by atoms with Crippen LogP contribution in [0, 0.1) is 17.8 Å². The van der Waals surface area contributed by atoms with Crippen LogP contribution in [0.2, 0.25) is 0 Å². The molecule has 0 saturated heterocycles. The van der Waals surface area contributed by atoms with Gasteiger partial charge in [-0.25, -0.2) is 0 Å². The van der Waals surface area contributed by atoms with E-state index >= 15 is 0 Å². The fourth-order valence-corrected chi connectivity index (χ4v) is 3.19. The molecule has 2 aliphatic carbocycles. The predicted octanol–water partition coefficient (Wildman–Crippen LogP) is 1.06. The summed E-state index contributed by atoms with van der Waals surface area (Å²) in [7, 11) is 0. The monoisotopic (exact) mass is 238 g/mol. The van der Waals surface area contributed by atoms with E-state index in [1.165, 1.54) is 19.3 Å². The molecule has 2 N–H and O–H groups in total. The molecule has 0 aliphatic heterocycles. The molecule has 0 aromatic carbocycles. The number of rotatable bonds is 5. The van der Waals surface area contributed by atoms with Crippen molar-refractivity contribution in [3.05, 3.63) is 0 Å². The largest absolute Gasteiger partial charge is 0.355 e. The van der Waals surface area contributed by atoms with Crippen LogP contribution < -0.4 is 10.6 Å². The van der Waals surface area contributed by atoms with Gasteiger partial charge in [0.25, 0.3) is 0 Å². The van der Waals surface area contributed by atoms with Gasteiger partial charge in [-0.2, -0.15) is 0 Å². The van der Waals surface area contributed by atoms with Gasteiger partial charge >= 0.3 is 0 Å². The summed E-state index contributed by atoms with van der Waals surface area (Å²) in [5, 5.41) is 5.53. The zero-order valence-electron chi connectivity index (χ0n) is 10.5. The lowest BCUT2D eigenvalue weighted by atomic mass is 9.88. The van der Waals surface area contributed by atoms with E-state index < -0.39 is 0 Å². The number of fused-ring (bicyclic) bond motifs is 2. The Morgan fingerprint density at radius 1 is 1.18 bits per heavy atom. The highest BCUT2D eigenvalue weighted by atomic mass is 16.2. The first-order valence-electron chi connectivity index (χ1n) is 6.75. The summed E-state index contributed by atoms with van der Waals surface area (Å²) in [6.07, 6.45) is 5.68. The number of nitrogens with one attached hydrogen (secondary N) is 2. The zero-order chi connectivity index (χ0) is 12.3. The molecule has 4 heteroatoms. The Labute approximate surface area is 103 Å². The SMILES string of the molecule is CCCNC(=O)CNC(=O)C1CC2CCC1C2. The second kappa shape index (κ2) is 5.52. The maximum absolute atomic E-state index is 11.9. The van der Waals surface area contributed by atoms with E-state index in [1.807, 2.05) is 6.92 Å². The van der Waals surface area contributed by atoms with E-state index in [0.717, 1.165) is 18.8 Å². The van der Waals surface area contributed by atoms with Crippen LogP contribution in [0.15, 0.2) is 0 Å². The van der Waals surface area contributed by atoms with Gasteiger partial charge in [0.2, 0.25) is 11.8 Å². The first-order valence-corrected chi connectivity index (χ1v) is 6.75. The molecule has 3 unspecified atom stereocenters. The standard InChI is InChI=1S/C13H22N2O2/c1-2-5-14-12(16)8-15-13(17)11-7-9-3-4-10(11)6-9/h9-11H,2-8H2,1H3,(H,14,16)(H,15,17). The van der Waals surface area contributed by atoms with Crippen molar-refractivity contribution in [2.45, 2.75) is 39.0 Å². The van der Waals surface area contributed by atoms with Crippen LogP contribution in [-0.4, -0.2) is 24.9 Å². The van der Waals surface area contributed by atoms with E-state index in [9.17, 15) is 9.59 Å². The molecular weight excluding hydrogens is 216 g/mol. The molecule has 0 spiro atoms. The Balaban J connectivity index is 1.69. The third-order valence-electron chi connectivity index (χ3n) is 4.07. The Kier molecular flexibility index (Phi) is 4.02. The van der Waals surface area contributed by atoms with Crippen molar-refractivity contribution in [2.75, 3.05) is 13.1 Å². The van der Waals surface area contributed by atoms with Crippen molar-refractivity contribution >= 4 is 11.8 Å². The van der Waals surface area contributed by atoms with Crippen LogP contribution in [0.4, 0.5) is 0 Å². The average molecular weight is 238 g/mol. The van der Waals surface area contributed by atoms with Gasteiger partial charge in [-0.05, 0) is 37.5 Å². The lowest BCUT2D eigenvalue weighted by Gasteiger charge is -2.20. The topological polar surface area (TPSA) is 58.2 Å². The molecule has 0 aromatic rings. The normalized spacial score (nSPS) is 30.3. The number of hydrogen-bond donors (Lipinski definition) is 2. The summed E-state index contributed by atoms with van der Waals surface area (Å²) < 4.78 is 0. The Bertz CT molecular complexity index is 304. The molecule has 2 fully saturated rings. The summed E-state index contributed by atoms with van der Waals surface area (Å²) in [5.74, 6) is 1.53. The van der Waals surface area contributed by atoms with Gasteiger partial charge < -0.3 is 10.6 Å². The highest BCUT2D eigenvalue weighted by Gasteiger charge is 2.42. The van der Waals surface area contributed by atoms with E-state index in [1.54, 1.807) is 0 Å². The summed E-state index contributed by atoms with van der Waals surface area (Å²) in [5.41, 5.74) is 0. The predicted molar refractivity (Wildman–Crippen MR) is 65.2 cm³/mol. The molecular formula is C13H22N2O2. The molecule has 2 bridgehead atoms. The highest BCUT2D eigenvalue weighted by molar-refractivity contribution is 5.86. The molecule has 0 aromatic heterocycles. The first-order chi connectivity index (χ1) is 8.20. The minimum Gasteiger partial charge on any atom is -0.355 e. The molecule has 3 atom stereocenters. The molecule has 2 aliphatic rings. The molecule has 4 nitrogen and oxygen atoms in total. The van der Waals surface area contributed by atoms with Crippen molar-refractivity contribution in [1.82, 2.24) is 10.6 Å². The number of carbonyl (C=O) groups excluding carboxylic acids is 2. The Morgan fingerprint density at radius 2 is 2.00 bits per heavy atom. The molecule has 0 heterocycles. The van der Waals surface area contributed by atoms with E-state index in [4.69, 9.17) is 0 Å². The van der Waals surface area contributed by atoms with Gasteiger partial charge in [-0.15, -0.1) is 0 Å². The molecule has 17 heavy (non-hydrogen) atoms. The smallest absolute Gasteiger partial charge is 0.239 e. The second-order valence-electron chi connectivity index (χ2n) is 5.35. The minimum absolute atomic E-state index is 0.0802. The third kappa shape index (κ3) is 2.99. The third-order valence-corrected chi connectivity index (χ3v) is 4.07. The number of carbonyl (C=O) groups is 2. The van der Waals surface area contributed by atoms with Gasteiger partial charge in [0.15, 0.2) is 0 Å². The van der Waals surface area contributed by atoms with Crippen LogP contribution in [0.3, 0.4) is 0 Å². The van der Waals surface area contributed by atoms with E-state index in [2.05, 4.69) is 10.6 Å². The van der Waals surface area contributed by atoms with Crippen molar-refractivity contribution in [2.24, 2.45) is 17.8 Å². The fourth-order valence-electron chi connectivity index (χ4n) is 3.19. The quantitative estimate of drug-likeness (QED) is 0.752. The van der Waals surface area contributed by atoms with Gasteiger partial charge in [-0.3, -0.25) is 9.59 Å². The maximum atomic E-state index is 11.9. The minimum atomic E-state index is -0.0802. The van der Waals surface area contributed by atoms with Gasteiger partial charge in [0, 0.05) is 12.5 Å². The van der Waals surface area contributed by atoms with Crippen molar-refractivity contribution in [3.8, 4) is 0 Å². The van der Waals surface area contributed by atoms with Crippen LogP contribution in [0.5, 0.6) is 0 Å². The summed E-state index contributed by atoms with van der Waals surface area (Å²) in [6, 6.07) is 0. The fraction of sp³-hybridized carbons (Fsp3) is 0.846. The molecule has 2 rings (SSSR count). The second-order valence-corrected chi connectivity index (χ2v) is 5.35. The van der Waals surface area contributed by atoms with Gasteiger partial charge in [-0.1, -0.05) is 13.3 Å². The van der Waals surface area contributed by atoms with Gasteiger partial charge in [0.05, 0.1) is 6.54 Å². The van der Waals surface area contributed by atoms with Crippen LogP contribution in [0.25, 0.3) is 0 Å². The van der Waals surface area contributed by atoms with Crippen molar-refractivity contribution < 1.29 is 9.59 Å². The Hall–Kier alpha value is -1.06. The number of amides is 2. The lowest BCUT2D eigenvalue weighted by molar-refractivity contribution is -0.129. The van der Waals surface area contributed by atoms with Crippen molar-refractivity contribution in [3.63, 3.8) is 0 Å². The van der Waals surface area contributed by atoms with E-state index in [-0.39, 0.29) is 24.3 Å². The Morgan fingerprint density at radius 3 is 2.59 bits per heavy atom. The summed E-state index contributed by atoms with van der Waals surface area (Å²) in [4.78, 5) is 23.3. The summed E-state index contributed by atoms with van der Waals surface area (Å²) >= 11 is 0.